The number of carbonyl (C=O) groups excluding carboxylic acids is 1. The zero-order chi connectivity index (χ0) is 18.0. The third-order valence-corrected chi connectivity index (χ3v) is 4.70. The van der Waals surface area contributed by atoms with Gasteiger partial charge in [0.05, 0.1) is 28.0 Å². The van der Waals surface area contributed by atoms with Crippen LogP contribution in [-0.2, 0) is 4.79 Å². The Bertz CT molecular complexity index is 908. The number of halogens is 4. The number of benzene rings is 2. The van der Waals surface area contributed by atoms with Crippen LogP contribution < -0.4 is 5.32 Å². The molecule has 0 radical (unpaired) electrons. The summed E-state index contributed by atoms with van der Waals surface area (Å²) in [6.07, 6.45) is 1.58. The largest absolute Gasteiger partial charge is 0.436 e. The number of oxazole rings is 1. The molecule has 25 heavy (non-hydrogen) atoms. The third kappa shape index (κ3) is 4.01. The number of anilines is 1. The van der Waals surface area contributed by atoms with Crippen LogP contribution in [0.5, 0.6) is 0 Å². The second kappa shape index (κ2) is 7.79. The van der Waals surface area contributed by atoms with Crippen molar-refractivity contribution in [2.75, 3.05) is 5.32 Å². The highest BCUT2D eigenvalue weighted by molar-refractivity contribution is 9.10. The SMILES string of the molecule is O=C(Nc1ccccc1-c1ncc(-c2c(Cl)cccc2Br)o1)C(Cl)Cl. The van der Waals surface area contributed by atoms with E-state index in [4.69, 9.17) is 39.2 Å². The molecule has 0 saturated heterocycles. The number of amides is 1. The normalized spacial score (nSPS) is 10.9. The predicted octanol–water partition coefficient (Wildman–Crippen LogP) is 6.17. The van der Waals surface area contributed by atoms with Crippen LogP contribution in [0.25, 0.3) is 22.8 Å². The Morgan fingerprint density at radius 2 is 1.92 bits per heavy atom. The number of para-hydroxylation sites is 1. The van der Waals surface area contributed by atoms with Gasteiger partial charge >= 0.3 is 0 Å². The van der Waals surface area contributed by atoms with Gasteiger partial charge in [-0.25, -0.2) is 4.98 Å². The standard InChI is InChI=1S/C17H10BrCl3N2O2/c18-10-5-3-6-11(19)14(10)13-8-22-17(25-13)9-4-1-2-7-12(9)23-16(24)15(20)21/h1-8,15H,(H,23,24). The summed E-state index contributed by atoms with van der Waals surface area (Å²) < 4.78 is 6.65. The van der Waals surface area contributed by atoms with Crippen molar-refractivity contribution < 1.29 is 9.21 Å². The van der Waals surface area contributed by atoms with Gasteiger partial charge in [-0.3, -0.25) is 4.79 Å². The maximum absolute atomic E-state index is 11.8. The lowest BCUT2D eigenvalue weighted by molar-refractivity contribution is -0.114. The quantitative estimate of drug-likeness (QED) is 0.474. The van der Waals surface area contributed by atoms with Gasteiger partial charge in [-0.05, 0) is 40.2 Å². The maximum Gasteiger partial charge on any atom is 0.257 e. The van der Waals surface area contributed by atoms with E-state index in [1.807, 2.05) is 12.1 Å². The summed E-state index contributed by atoms with van der Waals surface area (Å²) in [5, 5.41) is 3.18. The molecule has 1 aromatic heterocycles. The molecule has 128 valence electrons. The second-order valence-electron chi connectivity index (χ2n) is 4.96. The van der Waals surface area contributed by atoms with Crippen LogP contribution in [-0.4, -0.2) is 15.7 Å². The molecule has 1 heterocycles. The Balaban J connectivity index is 2.00. The highest BCUT2D eigenvalue weighted by Crippen LogP contribution is 2.37. The lowest BCUT2D eigenvalue weighted by atomic mass is 10.1. The summed E-state index contributed by atoms with van der Waals surface area (Å²) in [4.78, 5) is 14.9. The smallest absolute Gasteiger partial charge is 0.257 e. The van der Waals surface area contributed by atoms with E-state index in [9.17, 15) is 4.79 Å². The molecule has 0 unspecified atom stereocenters. The summed E-state index contributed by atoms with van der Waals surface area (Å²) >= 11 is 20.9. The number of carbonyl (C=O) groups is 1. The summed E-state index contributed by atoms with van der Waals surface area (Å²) in [6, 6.07) is 12.5. The van der Waals surface area contributed by atoms with Crippen molar-refractivity contribution in [3.05, 3.63) is 58.2 Å². The van der Waals surface area contributed by atoms with Gasteiger partial charge in [0.15, 0.2) is 10.6 Å². The fourth-order valence-electron chi connectivity index (χ4n) is 2.21. The van der Waals surface area contributed by atoms with Crippen LogP contribution in [0.1, 0.15) is 0 Å². The van der Waals surface area contributed by atoms with E-state index in [-0.39, 0.29) is 0 Å². The highest BCUT2D eigenvalue weighted by Gasteiger charge is 2.18. The average Bonchev–Trinajstić information content (AvgIpc) is 3.04. The minimum Gasteiger partial charge on any atom is -0.436 e. The summed E-state index contributed by atoms with van der Waals surface area (Å²) in [6.45, 7) is 0. The van der Waals surface area contributed by atoms with Gasteiger partial charge in [0, 0.05) is 4.47 Å². The summed E-state index contributed by atoms with van der Waals surface area (Å²) in [5.74, 6) is 0.302. The minimum atomic E-state index is -1.17. The zero-order valence-corrected chi connectivity index (χ0v) is 16.3. The number of rotatable bonds is 4. The van der Waals surface area contributed by atoms with E-state index in [1.165, 1.54) is 0 Å². The summed E-state index contributed by atoms with van der Waals surface area (Å²) in [7, 11) is 0. The lowest BCUT2D eigenvalue weighted by Gasteiger charge is -2.09. The molecule has 0 atom stereocenters. The molecule has 2 aromatic carbocycles. The molecule has 0 spiro atoms. The first-order valence-electron chi connectivity index (χ1n) is 7.06. The molecule has 3 aromatic rings. The van der Waals surface area contributed by atoms with Crippen molar-refractivity contribution in [2.45, 2.75) is 4.84 Å². The first-order chi connectivity index (χ1) is 12.0. The average molecular weight is 461 g/mol. The first kappa shape index (κ1) is 18.3. The van der Waals surface area contributed by atoms with E-state index in [0.717, 1.165) is 4.47 Å². The van der Waals surface area contributed by atoms with Gasteiger partial charge in [0.25, 0.3) is 5.91 Å². The fourth-order valence-corrected chi connectivity index (χ4v) is 3.27. The van der Waals surface area contributed by atoms with Crippen LogP contribution in [0.15, 0.2) is 57.6 Å². The predicted molar refractivity (Wildman–Crippen MR) is 104 cm³/mol. The van der Waals surface area contributed by atoms with Gasteiger partial charge < -0.3 is 9.73 Å². The van der Waals surface area contributed by atoms with Crippen LogP contribution in [0.4, 0.5) is 5.69 Å². The molecular formula is C17H10BrCl3N2O2. The Kier molecular flexibility index (Phi) is 5.69. The molecular weight excluding hydrogens is 450 g/mol. The van der Waals surface area contributed by atoms with E-state index < -0.39 is 10.7 Å². The topological polar surface area (TPSA) is 55.1 Å². The number of alkyl halides is 2. The van der Waals surface area contributed by atoms with Crippen molar-refractivity contribution in [3.8, 4) is 22.8 Å². The molecule has 0 fully saturated rings. The molecule has 0 aliphatic heterocycles. The number of nitrogens with one attached hydrogen (secondary N) is 1. The van der Waals surface area contributed by atoms with Crippen molar-refractivity contribution in [2.24, 2.45) is 0 Å². The molecule has 0 aliphatic carbocycles. The van der Waals surface area contributed by atoms with E-state index in [0.29, 0.717) is 33.5 Å². The number of aromatic nitrogens is 1. The first-order valence-corrected chi connectivity index (χ1v) is 9.10. The van der Waals surface area contributed by atoms with Gasteiger partial charge in [-0.2, -0.15) is 0 Å². The highest BCUT2D eigenvalue weighted by atomic mass is 79.9. The van der Waals surface area contributed by atoms with E-state index >= 15 is 0 Å². The number of hydrogen-bond acceptors (Lipinski definition) is 3. The van der Waals surface area contributed by atoms with E-state index in [1.54, 1.807) is 36.5 Å². The number of hydrogen-bond donors (Lipinski definition) is 1. The van der Waals surface area contributed by atoms with Crippen molar-refractivity contribution in [1.29, 1.82) is 0 Å². The third-order valence-electron chi connectivity index (χ3n) is 3.33. The molecule has 0 bridgehead atoms. The Labute approximate surface area is 167 Å². The van der Waals surface area contributed by atoms with Gasteiger partial charge in [-0.15, -0.1) is 0 Å². The molecule has 1 N–H and O–H groups in total. The Morgan fingerprint density at radius 1 is 1.16 bits per heavy atom. The van der Waals surface area contributed by atoms with Crippen molar-refractivity contribution in [3.63, 3.8) is 0 Å². The van der Waals surface area contributed by atoms with Crippen LogP contribution in [0, 0.1) is 0 Å². The van der Waals surface area contributed by atoms with Crippen molar-refractivity contribution >= 4 is 62.3 Å². The van der Waals surface area contributed by atoms with Crippen LogP contribution >= 0.6 is 50.7 Å². The van der Waals surface area contributed by atoms with E-state index in [2.05, 4.69) is 26.2 Å². The zero-order valence-electron chi connectivity index (χ0n) is 12.5. The maximum atomic E-state index is 11.8. The number of nitrogens with zero attached hydrogens (tertiary/aromatic N) is 1. The van der Waals surface area contributed by atoms with Crippen LogP contribution in [0.2, 0.25) is 5.02 Å². The molecule has 1 amide bonds. The second-order valence-corrected chi connectivity index (χ2v) is 7.32. The molecule has 8 heteroatoms. The monoisotopic (exact) mass is 458 g/mol. The fraction of sp³-hybridized carbons (Fsp3) is 0.0588. The van der Waals surface area contributed by atoms with Crippen LogP contribution in [0.3, 0.4) is 0 Å². The Hall–Kier alpha value is -1.53. The molecule has 0 aliphatic rings. The van der Waals surface area contributed by atoms with Gasteiger partial charge in [0.2, 0.25) is 5.89 Å². The van der Waals surface area contributed by atoms with Gasteiger partial charge in [-0.1, -0.05) is 53.0 Å². The molecule has 3 rings (SSSR count). The molecule has 0 saturated carbocycles. The minimum absolute atomic E-state index is 0.332. The molecule has 4 nitrogen and oxygen atoms in total. The van der Waals surface area contributed by atoms with Crippen molar-refractivity contribution in [1.82, 2.24) is 4.98 Å². The summed E-state index contributed by atoms with van der Waals surface area (Å²) in [5.41, 5.74) is 1.79. The Morgan fingerprint density at radius 3 is 2.64 bits per heavy atom. The lowest BCUT2D eigenvalue weighted by Crippen LogP contribution is -2.18. The van der Waals surface area contributed by atoms with Gasteiger partial charge in [0.1, 0.15) is 0 Å².